The van der Waals surface area contributed by atoms with Crippen LogP contribution in [0.3, 0.4) is 0 Å². The van der Waals surface area contributed by atoms with Crippen molar-refractivity contribution in [3.63, 3.8) is 0 Å². The Balaban J connectivity index is 1.77. The molecule has 0 bridgehead atoms. The molecule has 0 amide bonds. The van der Waals surface area contributed by atoms with Gasteiger partial charge in [-0.25, -0.2) is 0 Å². The summed E-state index contributed by atoms with van der Waals surface area (Å²) in [4.78, 5) is 1.48. The highest BCUT2D eigenvalue weighted by Crippen LogP contribution is 2.30. The Bertz CT molecular complexity index is 383. The third-order valence-electron chi connectivity index (χ3n) is 2.33. The maximum absolute atomic E-state index is 3.54. The van der Waals surface area contributed by atoms with E-state index in [1.165, 1.54) is 27.1 Å². The molecule has 1 nitrogen and oxygen atoms in total. The Hall–Kier alpha value is -0.380. The van der Waals surface area contributed by atoms with Crippen LogP contribution in [-0.2, 0) is 6.54 Å². The Kier molecular flexibility index (Phi) is 1.89. The van der Waals surface area contributed by atoms with Crippen molar-refractivity contribution in [3.8, 4) is 0 Å². The molecule has 0 spiro atoms. The fourth-order valence-electron chi connectivity index (χ4n) is 1.44. The summed E-state index contributed by atoms with van der Waals surface area (Å²) in [5, 5.41) is 5.70. The molecule has 1 aliphatic rings. The van der Waals surface area contributed by atoms with Gasteiger partial charge in [0.1, 0.15) is 0 Å². The summed E-state index contributed by atoms with van der Waals surface area (Å²) < 4.78 is 2.88. The Morgan fingerprint density at radius 1 is 1.38 bits per heavy atom. The van der Waals surface area contributed by atoms with Crippen LogP contribution in [0.1, 0.15) is 17.7 Å². The van der Waals surface area contributed by atoms with Gasteiger partial charge in [0.25, 0.3) is 0 Å². The maximum atomic E-state index is 3.54. The molecule has 0 unspecified atom stereocenters. The zero-order valence-electron chi connectivity index (χ0n) is 7.25. The van der Waals surface area contributed by atoms with E-state index in [0.717, 1.165) is 12.6 Å². The standard InChI is InChI=1S/C10H11NS2/c1-2-7(1)11-6-8-5-10-9(13-8)3-4-12-10/h3-5,7,11H,1-2,6H2. The molecule has 3 rings (SSSR count). The zero-order valence-corrected chi connectivity index (χ0v) is 8.88. The first-order valence-corrected chi connectivity index (χ1v) is 6.31. The van der Waals surface area contributed by atoms with Gasteiger partial charge in [-0.15, -0.1) is 22.7 Å². The van der Waals surface area contributed by atoms with Gasteiger partial charge < -0.3 is 5.32 Å². The number of nitrogens with one attached hydrogen (secondary N) is 1. The number of thiophene rings is 2. The lowest BCUT2D eigenvalue weighted by molar-refractivity contribution is 0.695. The summed E-state index contributed by atoms with van der Waals surface area (Å²) >= 11 is 3.76. The van der Waals surface area contributed by atoms with Gasteiger partial charge in [0.15, 0.2) is 0 Å². The van der Waals surface area contributed by atoms with Crippen molar-refractivity contribution >= 4 is 32.1 Å². The number of fused-ring (bicyclic) bond motifs is 1. The van der Waals surface area contributed by atoms with Crippen molar-refractivity contribution < 1.29 is 0 Å². The van der Waals surface area contributed by atoms with Crippen molar-refractivity contribution in [2.45, 2.75) is 25.4 Å². The predicted molar refractivity (Wildman–Crippen MR) is 59.6 cm³/mol. The maximum Gasteiger partial charge on any atom is 0.0453 e. The van der Waals surface area contributed by atoms with E-state index >= 15 is 0 Å². The van der Waals surface area contributed by atoms with Crippen LogP contribution in [0.4, 0.5) is 0 Å². The molecule has 0 aliphatic heterocycles. The van der Waals surface area contributed by atoms with Crippen LogP contribution in [0.2, 0.25) is 0 Å². The normalized spacial score (nSPS) is 16.9. The smallest absolute Gasteiger partial charge is 0.0453 e. The average molecular weight is 209 g/mol. The lowest BCUT2D eigenvalue weighted by atomic mass is 10.4. The average Bonchev–Trinajstić information content (AvgIpc) is 2.71. The van der Waals surface area contributed by atoms with Gasteiger partial charge in [-0.2, -0.15) is 0 Å². The second-order valence-electron chi connectivity index (χ2n) is 3.52. The molecule has 0 atom stereocenters. The molecular formula is C10H11NS2. The molecule has 2 heterocycles. The van der Waals surface area contributed by atoms with Gasteiger partial charge in [0.2, 0.25) is 0 Å². The number of hydrogen-bond donors (Lipinski definition) is 1. The minimum atomic E-state index is 0.820. The first kappa shape index (κ1) is 7.97. The number of hydrogen-bond acceptors (Lipinski definition) is 3. The third-order valence-corrected chi connectivity index (χ3v) is 4.43. The van der Waals surface area contributed by atoms with Crippen LogP contribution in [0.5, 0.6) is 0 Å². The van der Waals surface area contributed by atoms with Crippen molar-refractivity contribution in [2.75, 3.05) is 0 Å². The molecule has 0 radical (unpaired) electrons. The molecule has 2 aromatic rings. The fourth-order valence-corrected chi connectivity index (χ4v) is 3.52. The number of rotatable bonds is 3. The highest BCUT2D eigenvalue weighted by Gasteiger charge is 2.20. The molecule has 1 aliphatic carbocycles. The minimum Gasteiger partial charge on any atom is -0.309 e. The first-order chi connectivity index (χ1) is 6.42. The molecule has 1 N–H and O–H groups in total. The van der Waals surface area contributed by atoms with E-state index < -0.39 is 0 Å². The van der Waals surface area contributed by atoms with Crippen LogP contribution in [0.15, 0.2) is 17.5 Å². The van der Waals surface area contributed by atoms with Gasteiger partial charge >= 0.3 is 0 Å². The largest absolute Gasteiger partial charge is 0.309 e. The first-order valence-electron chi connectivity index (χ1n) is 4.61. The lowest BCUT2D eigenvalue weighted by Gasteiger charge is -1.97. The summed E-state index contributed by atoms with van der Waals surface area (Å²) in [7, 11) is 0. The molecule has 3 heteroatoms. The molecule has 1 saturated carbocycles. The second kappa shape index (κ2) is 3.08. The van der Waals surface area contributed by atoms with Crippen molar-refractivity contribution in [1.29, 1.82) is 0 Å². The molecular weight excluding hydrogens is 198 g/mol. The van der Waals surface area contributed by atoms with Crippen molar-refractivity contribution in [1.82, 2.24) is 5.32 Å². The van der Waals surface area contributed by atoms with Crippen LogP contribution in [-0.4, -0.2) is 6.04 Å². The third kappa shape index (κ3) is 1.64. The summed E-state index contributed by atoms with van der Waals surface area (Å²) in [6.07, 6.45) is 2.75. The summed E-state index contributed by atoms with van der Waals surface area (Å²) in [6, 6.07) is 5.35. The molecule has 2 aromatic heterocycles. The van der Waals surface area contributed by atoms with E-state index in [2.05, 4.69) is 22.8 Å². The van der Waals surface area contributed by atoms with E-state index in [0.29, 0.717) is 0 Å². The van der Waals surface area contributed by atoms with Crippen LogP contribution in [0.25, 0.3) is 9.40 Å². The van der Waals surface area contributed by atoms with Gasteiger partial charge in [0, 0.05) is 26.9 Å². The Morgan fingerprint density at radius 3 is 3.08 bits per heavy atom. The van der Waals surface area contributed by atoms with Crippen LogP contribution >= 0.6 is 22.7 Å². The lowest BCUT2D eigenvalue weighted by Crippen LogP contribution is -2.14. The summed E-state index contributed by atoms with van der Waals surface area (Å²) in [5.41, 5.74) is 0. The molecule has 1 fully saturated rings. The molecule has 0 saturated heterocycles. The van der Waals surface area contributed by atoms with Gasteiger partial charge in [-0.05, 0) is 30.4 Å². The Labute approximate surface area is 85.4 Å². The van der Waals surface area contributed by atoms with E-state index in [1.807, 2.05) is 22.7 Å². The monoisotopic (exact) mass is 209 g/mol. The van der Waals surface area contributed by atoms with Crippen molar-refractivity contribution in [2.24, 2.45) is 0 Å². The minimum absolute atomic E-state index is 0.820. The molecule has 68 valence electrons. The van der Waals surface area contributed by atoms with Crippen molar-refractivity contribution in [3.05, 3.63) is 22.4 Å². The fraction of sp³-hybridized carbons (Fsp3) is 0.400. The summed E-state index contributed by atoms with van der Waals surface area (Å²) in [6.45, 7) is 1.07. The quantitative estimate of drug-likeness (QED) is 0.818. The van der Waals surface area contributed by atoms with Gasteiger partial charge in [-0.1, -0.05) is 0 Å². The van der Waals surface area contributed by atoms with E-state index in [1.54, 1.807) is 0 Å². The molecule has 13 heavy (non-hydrogen) atoms. The Morgan fingerprint density at radius 2 is 2.31 bits per heavy atom. The highest BCUT2D eigenvalue weighted by atomic mass is 32.1. The molecule has 0 aromatic carbocycles. The summed E-state index contributed by atoms with van der Waals surface area (Å²) in [5.74, 6) is 0. The van der Waals surface area contributed by atoms with Gasteiger partial charge in [0.05, 0.1) is 0 Å². The van der Waals surface area contributed by atoms with E-state index in [4.69, 9.17) is 0 Å². The second-order valence-corrected chi connectivity index (χ2v) is 5.63. The van der Waals surface area contributed by atoms with Crippen LogP contribution < -0.4 is 5.32 Å². The van der Waals surface area contributed by atoms with E-state index in [-0.39, 0.29) is 0 Å². The zero-order chi connectivity index (χ0) is 8.67. The predicted octanol–water partition coefficient (Wildman–Crippen LogP) is 3.21. The topological polar surface area (TPSA) is 12.0 Å². The SMILES string of the molecule is c1cc2sc(CNC3CC3)cc2s1. The van der Waals surface area contributed by atoms with E-state index in [9.17, 15) is 0 Å². The van der Waals surface area contributed by atoms with Crippen LogP contribution in [0, 0.1) is 0 Å². The van der Waals surface area contributed by atoms with Gasteiger partial charge in [-0.3, -0.25) is 0 Å². The highest BCUT2D eigenvalue weighted by molar-refractivity contribution is 7.26.